The summed E-state index contributed by atoms with van der Waals surface area (Å²) in [7, 11) is 0. The zero-order chi connectivity index (χ0) is 17.6. The van der Waals surface area contributed by atoms with Gasteiger partial charge in [-0.15, -0.1) is 0 Å². The molecule has 1 aromatic heterocycles. The first-order valence-corrected chi connectivity index (χ1v) is 7.90. The molecule has 0 saturated carbocycles. The lowest BCUT2D eigenvalue weighted by Crippen LogP contribution is -2.19. The number of nitrogens with one attached hydrogen (secondary N) is 2. The van der Waals surface area contributed by atoms with Crippen LogP contribution in [0.2, 0.25) is 0 Å². The minimum Gasteiger partial charge on any atom is -0.332 e. The molecular weight excluding hydrogens is 338 g/mol. The van der Waals surface area contributed by atoms with Crippen LogP contribution < -0.4 is 10.6 Å². The molecule has 8 heteroatoms. The number of hydrogen-bond donors (Lipinski definition) is 2. The number of rotatable bonds is 5. The molecule has 3 rings (SSSR count). The van der Waals surface area contributed by atoms with E-state index in [9.17, 15) is 10.1 Å². The molecule has 0 spiro atoms. The van der Waals surface area contributed by atoms with E-state index >= 15 is 0 Å². The number of non-ortho nitro benzene ring substituents is 1. The van der Waals surface area contributed by atoms with E-state index in [1.54, 1.807) is 18.3 Å². The van der Waals surface area contributed by atoms with Crippen LogP contribution >= 0.6 is 12.2 Å². The Balaban J connectivity index is 1.65. The van der Waals surface area contributed by atoms with Crippen LogP contribution in [0.5, 0.6) is 0 Å². The average molecular weight is 353 g/mol. The second kappa shape index (κ2) is 7.54. The first kappa shape index (κ1) is 16.6. The van der Waals surface area contributed by atoms with Crippen molar-refractivity contribution in [3.8, 4) is 0 Å². The van der Waals surface area contributed by atoms with E-state index in [1.807, 2.05) is 41.2 Å². The molecule has 3 aromatic rings. The Morgan fingerprint density at radius 3 is 2.52 bits per heavy atom. The van der Waals surface area contributed by atoms with E-state index in [0.717, 1.165) is 11.3 Å². The van der Waals surface area contributed by atoms with Crippen LogP contribution in [0.1, 0.15) is 5.56 Å². The lowest BCUT2D eigenvalue weighted by atomic mass is 10.2. The molecule has 0 aliphatic rings. The fraction of sp³-hybridized carbons (Fsp3) is 0.0588. The smallest absolute Gasteiger partial charge is 0.271 e. The van der Waals surface area contributed by atoms with Gasteiger partial charge in [0.15, 0.2) is 5.11 Å². The maximum atomic E-state index is 10.8. The summed E-state index contributed by atoms with van der Waals surface area (Å²) in [4.78, 5) is 10.4. The van der Waals surface area contributed by atoms with Gasteiger partial charge in [0, 0.05) is 35.9 Å². The van der Waals surface area contributed by atoms with Gasteiger partial charge in [0.25, 0.3) is 5.69 Å². The van der Waals surface area contributed by atoms with Crippen LogP contribution in [-0.4, -0.2) is 19.8 Å². The Bertz CT molecular complexity index is 896. The first-order chi connectivity index (χ1) is 12.1. The molecule has 0 aliphatic carbocycles. The maximum absolute atomic E-state index is 10.8. The van der Waals surface area contributed by atoms with Crippen LogP contribution in [0.25, 0.3) is 0 Å². The van der Waals surface area contributed by atoms with Gasteiger partial charge >= 0.3 is 0 Å². The summed E-state index contributed by atoms with van der Waals surface area (Å²) in [5.41, 5.74) is 2.47. The molecule has 0 amide bonds. The van der Waals surface area contributed by atoms with Crippen molar-refractivity contribution >= 4 is 34.4 Å². The number of nitrogens with zero attached hydrogens (tertiary/aromatic N) is 3. The monoisotopic (exact) mass is 353 g/mol. The zero-order valence-electron chi connectivity index (χ0n) is 13.1. The molecule has 0 unspecified atom stereocenters. The highest BCUT2D eigenvalue weighted by atomic mass is 32.1. The SMILES string of the molecule is O=[N+]([O-])c1cccc(NC(=S)Nc2cccc(Cn3cccn3)c2)c1. The van der Waals surface area contributed by atoms with Gasteiger partial charge in [-0.1, -0.05) is 18.2 Å². The number of nitro groups is 1. The standard InChI is InChI=1S/C17H15N5O2S/c23-22(24)16-7-2-6-15(11-16)20-17(25)19-14-5-1-4-13(10-14)12-21-9-3-8-18-21/h1-11H,12H2,(H2,19,20,25). The second-order valence-corrected chi connectivity index (χ2v) is 5.70. The fourth-order valence-electron chi connectivity index (χ4n) is 2.32. The highest BCUT2D eigenvalue weighted by molar-refractivity contribution is 7.80. The summed E-state index contributed by atoms with van der Waals surface area (Å²) in [5.74, 6) is 0. The van der Waals surface area contributed by atoms with Gasteiger partial charge in [-0.2, -0.15) is 5.10 Å². The fourth-order valence-corrected chi connectivity index (χ4v) is 2.55. The first-order valence-electron chi connectivity index (χ1n) is 7.49. The molecule has 0 atom stereocenters. The summed E-state index contributed by atoms with van der Waals surface area (Å²) in [6.07, 6.45) is 3.63. The number of hydrogen-bond acceptors (Lipinski definition) is 4. The van der Waals surface area contributed by atoms with E-state index in [4.69, 9.17) is 12.2 Å². The van der Waals surface area contributed by atoms with E-state index in [0.29, 0.717) is 17.3 Å². The van der Waals surface area contributed by atoms with Gasteiger partial charge in [-0.25, -0.2) is 0 Å². The summed E-state index contributed by atoms with van der Waals surface area (Å²) in [5, 5.41) is 21.4. The van der Waals surface area contributed by atoms with Crippen molar-refractivity contribution < 1.29 is 4.92 Å². The third-order valence-corrected chi connectivity index (χ3v) is 3.61. The average Bonchev–Trinajstić information content (AvgIpc) is 3.08. The van der Waals surface area contributed by atoms with Gasteiger partial charge < -0.3 is 10.6 Å². The predicted molar refractivity (Wildman–Crippen MR) is 101 cm³/mol. The van der Waals surface area contributed by atoms with E-state index in [1.165, 1.54) is 12.1 Å². The highest BCUT2D eigenvalue weighted by Crippen LogP contribution is 2.18. The summed E-state index contributed by atoms with van der Waals surface area (Å²) >= 11 is 5.28. The molecule has 126 valence electrons. The van der Waals surface area contributed by atoms with Gasteiger partial charge in [0.1, 0.15) is 0 Å². The van der Waals surface area contributed by atoms with Crippen LogP contribution in [0.3, 0.4) is 0 Å². The summed E-state index contributed by atoms with van der Waals surface area (Å²) in [6.45, 7) is 0.660. The topological polar surface area (TPSA) is 85.0 Å². The molecule has 0 bridgehead atoms. The Morgan fingerprint density at radius 2 is 1.84 bits per heavy atom. The van der Waals surface area contributed by atoms with Crippen LogP contribution in [0.15, 0.2) is 67.0 Å². The molecule has 25 heavy (non-hydrogen) atoms. The van der Waals surface area contributed by atoms with Gasteiger partial charge in [0.05, 0.1) is 11.5 Å². The second-order valence-electron chi connectivity index (χ2n) is 5.29. The van der Waals surface area contributed by atoms with Crippen molar-refractivity contribution in [2.45, 2.75) is 6.54 Å². The summed E-state index contributed by atoms with van der Waals surface area (Å²) in [6, 6.07) is 15.9. The minimum atomic E-state index is -0.444. The van der Waals surface area contributed by atoms with Crippen molar-refractivity contribution in [2.75, 3.05) is 10.6 Å². The Morgan fingerprint density at radius 1 is 1.12 bits per heavy atom. The van der Waals surface area contributed by atoms with Crippen LogP contribution in [0, 0.1) is 10.1 Å². The minimum absolute atomic E-state index is 0.00835. The molecule has 0 saturated heterocycles. The molecule has 0 radical (unpaired) electrons. The maximum Gasteiger partial charge on any atom is 0.271 e. The summed E-state index contributed by atoms with van der Waals surface area (Å²) < 4.78 is 1.83. The number of aromatic nitrogens is 2. The number of anilines is 2. The van der Waals surface area contributed by atoms with Crippen LogP contribution in [0.4, 0.5) is 17.1 Å². The molecular formula is C17H15N5O2S. The van der Waals surface area contributed by atoms with Gasteiger partial charge in [-0.3, -0.25) is 14.8 Å². The van der Waals surface area contributed by atoms with E-state index in [2.05, 4.69) is 15.7 Å². The molecule has 7 nitrogen and oxygen atoms in total. The number of benzene rings is 2. The molecule has 0 aliphatic heterocycles. The van der Waals surface area contributed by atoms with Crippen molar-refractivity contribution in [3.05, 3.63) is 82.7 Å². The van der Waals surface area contributed by atoms with Gasteiger partial charge in [-0.05, 0) is 42.0 Å². The normalized spacial score (nSPS) is 10.2. The number of thiocarbonyl (C=S) groups is 1. The van der Waals surface area contributed by atoms with E-state index < -0.39 is 4.92 Å². The highest BCUT2D eigenvalue weighted by Gasteiger charge is 2.07. The molecule has 2 N–H and O–H groups in total. The Labute approximate surface area is 149 Å². The molecule has 0 fully saturated rings. The lowest BCUT2D eigenvalue weighted by molar-refractivity contribution is -0.384. The zero-order valence-corrected chi connectivity index (χ0v) is 13.9. The van der Waals surface area contributed by atoms with Gasteiger partial charge in [0.2, 0.25) is 0 Å². The largest absolute Gasteiger partial charge is 0.332 e. The molecule has 2 aromatic carbocycles. The van der Waals surface area contributed by atoms with Crippen molar-refractivity contribution in [3.63, 3.8) is 0 Å². The number of nitro benzene ring substituents is 1. The van der Waals surface area contributed by atoms with Crippen LogP contribution in [-0.2, 0) is 6.54 Å². The third-order valence-electron chi connectivity index (χ3n) is 3.40. The van der Waals surface area contributed by atoms with Crippen molar-refractivity contribution in [1.82, 2.24) is 9.78 Å². The van der Waals surface area contributed by atoms with Crippen molar-refractivity contribution in [1.29, 1.82) is 0 Å². The lowest BCUT2D eigenvalue weighted by Gasteiger charge is -2.11. The Hall–Kier alpha value is -3.26. The third kappa shape index (κ3) is 4.61. The quantitative estimate of drug-likeness (QED) is 0.414. The Kier molecular flexibility index (Phi) is 5.00. The molecule has 1 heterocycles. The van der Waals surface area contributed by atoms with Crippen molar-refractivity contribution in [2.24, 2.45) is 0 Å². The van der Waals surface area contributed by atoms with E-state index in [-0.39, 0.29) is 5.69 Å². The predicted octanol–water partition coefficient (Wildman–Crippen LogP) is 3.65.